The second-order valence-corrected chi connectivity index (χ2v) is 6.99. The molecule has 2 N–H and O–H groups in total. The van der Waals surface area contributed by atoms with Crippen molar-refractivity contribution in [1.82, 2.24) is 8.87 Å². The van der Waals surface area contributed by atoms with Gasteiger partial charge in [-0.2, -0.15) is 4.31 Å². The van der Waals surface area contributed by atoms with E-state index in [1.54, 1.807) is 12.3 Å². The molecule has 0 aliphatic heterocycles. The van der Waals surface area contributed by atoms with Gasteiger partial charge < -0.3 is 10.3 Å². The number of rotatable bonds is 7. The van der Waals surface area contributed by atoms with Crippen LogP contribution in [0.15, 0.2) is 17.2 Å². The van der Waals surface area contributed by atoms with Crippen molar-refractivity contribution in [1.29, 1.82) is 0 Å². The van der Waals surface area contributed by atoms with Crippen LogP contribution >= 0.6 is 0 Å². The fourth-order valence-electron chi connectivity index (χ4n) is 2.28. The molecule has 1 saturated carbocycles. The molecule has 1 aliphatic rings. The van der Waals surface area contributed by atoms with Crippen molar-refractivity contribution < 1.29 is 8.42 Å². The summed E-state index contributed by atoms with van der Waals surface area (Å²) < 4.78 is 28.6. The standard InChI is InChI=1S/C14H21N3O2S/c1-3-7-16(8-4-2)20(18,19)14-9-13(10-15)17(11-14)12-5-6-12/h1,9,11-12H,4-8,10,15H2,2H3. The summed E-state index contributed by atoms with van der Waals surface area (Å²) in [7, 11) is -3.53. The van der Waals surface area contributed by atoms with Crippen LogP contribution in [-0.4, -0.2) is 30.4 Å². The maximum absolute atomic E-state index is 12.6. The fourth-order valence-corrected chi connectivity index (χ4v) is 3.78. The van der Waals surface area contributed by atoms with Crippen LogP contribution in [0.5, 0.6) is 0 Å². The Bertz CT molecular complexity index is 609. The highest BCUT2D eigenvalue weighted by molar-refractivity contribution is 7.89. The van der Waals surface area contributed by atoms with Gasteiger partial charge in [-0.15, -0.1) is 6.42 Å². The van der Waals surface area contributed by atoms with Gasteiger partial charge >= 0.3 is 0 Å². The fraction of sp³-hybridized carbons (Fsp3) is 0.571. The van der Waals surface area contributed by atoms with Crippen molar-refractivity contribution in [2.24, 2.45) is 5.73 Å². The molecule has 6 heteroatoms. The van der Waals surface area contributed by atoms with Crippen molar-refractivity contribution >= 4 is 10.0 Å². The summed E-state index contributed by atoms with van der Waals surface area (Å²) in [4.78, 5) is 0.300. The minimum atomic E-state index is -3.53. The summed E-state index contributed by atoms with van der Waals surface area (Å²) >= 11 is 0. The van der Waals surface area contributed by atoms with E-state index in [0.717, 1.165) is 25.0 Å². The first-order valence-corrected chi connectivity index (χ1v) is 8.33. The van der Waals surface area contributed by atoms with Gasteiger partial charge in [0.05, 0.1) is 6.54 Å². The number of nitrogens with zero attached hydrogens (tertiary/aromatic N) is 2. The Kier molecular flexibility index (Phi) is 4.53. The molecule has 0 atom stereocenters. The van der Waals surface area contributed by atoms with Gasteiger partial charge in [0.2, 0.25) is 10.0 Å². The monoisotopic (exact) mass is 295 g/mol. The van der Waals surface area contributed by atoms with E-state index in [2.05, 4.69) is 5.92 Å². The van der Waals surface area contributed by atoms with Crippen molar-refractivity contribution in [3.8, 4) is 12.3 Å². The van der Waals surface area contributed by atoms with E-state index in [4.69, 9.17) is 12.2 Å². The largest absolute Gasteiger partial charge is 0.346 e. The zero-order valence-electron chi connectivity index (χ0n) is 11.7. The number of sulfonamides is 1. The van der Waals surface area contributed by atoms with Gasteiger partial charge in [-0.25, -0.2) is 8.42 Å². The summed E-state index contributed by atoms with van der Waals surface area (Å²) in [6.45, 7) is 2.80. The first-order chi connectivity index (χ1) is 9.54. The Morgan fingerprint density at radius 3 is 2.75 bits per heavy atom. The summed E-state index contributed by atoms with van der Waals surface area (Å²) in [5.41, 5.74) is 6.57. The van der Waals surface area contributed by atoms with Gasteiger partial charge in [0.1, 0.15) is 4.90 Å². The first kappa shape index (κ1) is 15.1. The predicted molar refractivity (Wildman–Crippen MR) is 78.5 cm³/mol. The minimum absolute atomic E-state index is 0.0999. The van der Waals surface area contributed by atoms with E-state index in [-0.39, 0.29) is 6.54 Å². The molecule has 0 spiro atoms. The molecule has 1 aliphatic carbocycles. The molecular formula is C14H21N3O2S. The molecule has 1 aromatic rings. The number of aromatic nitrogens is 1. The Hall–Kier alpha value is -1.29. The van der Waals surface area contributed by atoms with Crippen LogP contribution in [0.3, 0.4) is 0 Å². The van der Waals surface area contributed by atoms with Crippen LogP contribution in [0, 0.1) is 12.3 Å². The lowest BCUT2D eigenvalue weighted by Crippen LogP contribution is -2.32. The Morgan fingerprint density at radius 1 is 1.55 bits per heavy atom. The van der Waals surface area contributed by atoms with Gasteiger partial charge in [-0.1, -0.05) is 12.8 Å². The summed E-state index contributed by atoms with van der Waals surface area (Å²) in [5.74, 6) is 2.41. The zero-order valence-corrected chi connectivity index (χ0v) is 12.6. The maximum Gasteiger partial charge on any atom is 0.245 e. The third-order valence-corrected chi connectivity index (χ3v) is 5.25. The molecule has 2 rings (SSSR count). The number of nitrogens with two attached hydrogens (primary N) is 1. The molecule has 0 saturated heterocycles. The van der Waals surface area contributed by atoms with E-state index in [1.807, 2.05) is 11.5 Å². The van der Waals surface area contributed by atoms with Crippen LogP contribution in [0.4, 0.5) is 0 Å². The molecule has 0 radical (unpaired) electrons. The minimum Gasteiger partial charge on any atom is -0.346 e. The summed E-state index contributed by atoms with van der Waals surface area (Å²) in [6, 6.07) is 2.08. The average molecular weight is 295 g/mol. The van der Waals surface area contributed by atoms with Gasteiger partial charge in [0.25, 0.3) is 0 Å². The van der Waals surface area contributed by atoms with Crippen molar-refractivity contribution in [3.05, 3.63) is 18.0 Å². The Morgan fingerprint density at radius 2 is 2.25 bits per heavy atom. The van der Waals surface area contributed by atoms with Crippen LogP contribution in [0.2, 0.25) is 0 Å². The molecule has 5 nitrogen and oxygen atoms in total. The highest BCUT2D eigenvalue weighted by atomic mass is 32.2. The van der Waals surface area contributed by atoms with E-state index in [0.29, 0.717) is 24.0 Å². The summed E-state index contributed by atoms with van der Waals surface area (Å²) in [5, 5.41) is 0. The SMILES string of the molecule is C#CCN(CCC)S(=O)(=O)c1cc(CN)n(C2CC2)c1. The summed E-state index contributed by atoms with van der Waals surface area (Å²) in [6.07, 6.45) is 9.88. The molecule has 20 heavy (non-hydrogen) atoms. The van der Waals surface area contributed by atoms with Crippen LogP contribution < -0.4 is 5.73 Å². The lowest BCUT2D eigenvalue weighted by atomic mass is 10.4. The molecule has 1 fully saturated rings. The third kappa shape index (κ3) is 2.90. The van der Waals surface area contributed by atoms with Gasteiger partial charge in [0, 0.05) is 31.0 Å². The number of terminal acetylenes is 1. The van der Waals surface area contributed by atoms with E-state index < -0.39 is 10.0 Å². The quantitative estimate of drug-likeness (QED) is 0.771. The van der Waals surface area contributed by atoms with E-state index in [1.165, 1.54) is 4.31 Å². The molecule has 0 amide bonds. The van der Waals surface area contributed by atoms with E-state index >= 15 is 0 Å². The topological polar surface area (TPSA) is 68.3 Å². The predicted octanol–water partition coefficient (Wildman–Crippen LogP) is 1.32. The normalized spacial score (nSPS) is 15.5. The van der Waals surface area contributed by atoms with Crippen molar-refractivity contribution in [3.63, 3.8) is 0 Å². The van der Waals surface area contributed by atoms with Gasteiger partial charge in [0.15, 0.2) is 0 Å². The van der Waals surface area contributed by atoms with Gasteiger partial charge in [-0.3, -0.25) is 0 Å². The van der Waals surface area contributed by atoms with Crippen LogP contribution in [-0.2, 0) is 16.6 Å². The molecule has 0 bridgehead atoms. The first-order valence-electron chi connectivity index (χ1n) is 6.89. The number of hydrogen-bond donors (Lipinski definition) is 1. The van der Waals surface area contributed by atoms with Gasteiger partial charge in [-0.05, 0) is 25.3 Å². The van der Waals surface area contributed by atoms with Crippen LogP contribution in [0.25, 0.3) is 0 Å². The molecule has 110 valence electrons. The Labute approximate surface area is 120 Å². The van der Waals surface area contributed by atoms with Crippen LogP contribution in [0.1, 0.15) is 37.9 Å². The Balaban J connectivity index is 2.35. The second-order valence-electron chi connectivity index (χ2n) is 5.05. The zero-order chi connectivity index (χ0) is 14.8. The second kappa shape index (κ2) is 6.00. The number of hydrogen-bond acceptors (Lipinski definition) is 3. The lowest BCUT2D eigenvalue weighted by Gasteiger charge is -2.18. The smallest absolute Gasteiger partial charge is 0.245 e. The van der Waals surface area contributed by atoms with E-state index in [9.17, 15) is 8.42 Å². The van der Waals surface area contributed by atoms with Crippen molar-refractivity contribution in [2.45, 2.75) is 43.7 Å². The maximum atomic E-state index is 12.6. The molecule has 0 unspecified atom stereocenters. The molecule has 1 aromatic heterocycles. The molecular weight excluding hydrogens is 274 g/mol. The van der Waals surface area contributed by atoms with Crippen molar-refractivity contribution in [2.75, 3.05) is 13.1 Å². The molecule has 1 heterocycles. The molecule has 0 aromatic carbocycles. The average Bonchev–Trinajstić information content (AvgIpc) is 3.17. The third-order valence-electron chi connectivity index (χ3n) is 3.43. The lowest BCUT2D eigenvalue weighted by molar-refractivity contribution is 0.445. The highest BCUT2D eigenvalue weighted by Gasteiger charge is 2.30. The highest BCUT2D eigenvalue weighted by Crippen LogP contribution is 2.37.